The summed E-state index contributed by atoms with van der Waals surface area (Å²) in [5.74, 6) is -0.236. The van der Waals surface area contributed by atoms with Gasteiger partial charge in [0, 0.05) is 4.88 Å². The highest BCUT2D eigenvalue weighted by Crippen LogP contribution is 2.21. The van der Waals surface area contributed by atoms with E-state index in [-0.39, 0.29) is 11.7 Å². The Hall–Kier alpha value is -1.88. The topological polar surface area (TPSA) is 62.2 Å². The van der Waals surface area contributed by atoms with E-state index in [1.54, 1.807) is 30.6 Å². The molecule has 0 aliphatic carbocycles. The van der Waals surface area contributed by atoms with Crippen molar-refractivity contribution in [3.05, 3.63) is 45.4 Å². The summed E-state index contributed by atoms with van der Waals surface area (Å²) in [5.41, 5.74) is 3.67. The molecule has 0 bridgehead atoms. The number of thiazole rings is 1. The number of rotatable bonds is 3. The first-order valence-corrected chi connectivity index (χ1v) is 6.43. The van der Waals surface area contributed by atoms with Gasteiger partial charge < -0.3 is 10.4 Å². The lowest BCUT2D eigenvalue weighted by molar-refractivity contribution is 0.0948. The van der Waals surface area contributed by atoms with E-state index in [4.69, 9.17) is 0 Å². The second-order valence-electron chi connectivity index (χ2n) is 4.01. The van der Waals surface area contributed by atoms with Crippen molar-refractivity contribution in [3.8, 4) is 5.75 Å². The highest BCUT2D eigenvalue weighted by Gasteiger charge is 2.12. The van der Waals surface area contributed by atoms with E-state index in [0.717, 1.165) is 10.6 Å². The number of phenols is 1. The molecule has 0 atom stereocenters. The summed E-state index contributed by atoms with van der Waals surface area (Å²) in [6.45, 7) is 4.10. The minimum absolute atomic E-state index is 0.0380. The normalized spacial score (nSPS) is 10.3. The Balaban J connectivity index is 2.09. The number of benzene rings is 1. The first-order chi connectivity index (χ1) is 8.59. The summed E-state index contributed by atoms with van der Waals surface area (Å²) < 4.78 is 0. The lowest BCUT2D eigenvalue weighted by Crippen LogP contribution is -2.22. The molecule has 1 amide bonds. The van der Waals surface area contributed by atoms with Crippen LogP contribution in [-0.2, 0) is 6.54 Å². The molecule has 2 rings (SSSR count). The van der Waals surface area contributed by atoms with Crippen LogP contribution in [0, 0.1) is 13.8 Å². The van der Waals surface area contributed by atoms with Crippen LogP contribution in [0.1, 0.15) is 26.5 Å². The number of amides is 1. The Morgan fingerprint density at radius 2 is 2.22 bits per heavy atom. The van der Waals surface area contributed by atoms with Crippen molar-refractivity contribution in [1.29, 1.82) is 0 Å². The van der Waals surface area contributed by atoms with E-state index in [9.17, 15) is 9.90 Å². The molecule has 4 nitrogen and oxygen atoms in total. The quantitative estimate of drug-likeness (QED) is 0.892. The van der Waals surface area contributed by atoms with Crippen LogP contribution in [0.4, 0.5) is 0 Å². The third-order valence-corrected chi connectivity index (χ3v) is 3.67. The van der Waals surface area contributed by atoms with Gasteiger partial charge in [-0.1, -0.05) is 12.1 Å². The molecule has 1 aromatic heterocycles. The molecule has 2 aromatic rings. The molecular formula is C13H14N2O2S. The summed E-state index contributed by atoms with van der Waals surface area (Å²) in [6.07, 6.45) is 0. The minimum Gasteiger partial charge on any atom is -0.507 e. The molecule has 0 aliphatic heterocycles. The van der Waals surface area contributed by atoms with Crippen molar-refractivity contribution in [3.63, 3.8) is 0 Å². The van der Waals surface area contributed by atoms with Gasteiger partial charge in [0.2, 0.25) is 0 Å². The fraction of sp³-hybridized carbons (Fsp3) is 0.231. The summed E-state index contributed by atoms with van der Waals surface area (Å²) in [4.78, 5) is 17.1. The molecule has 0 saturated heterocycles. The Kier molecular flexibility index (Phi) is 3.62. The van der Waals surface area contributed by atoms with E-state index in [1.165, 1.54) is 11.3 Å². The van der Waals surface area contributed by atoms with Gasteiger partial charge in [0.15, 0.2) is 0 Å². The van der Waals surface area contributed by atoms with Gasteiger partial charge in [-0.15, -0.1) is 11.3 Å². The van der Waals surface area contributed by atoms with Crippen LogP contribution in [0.25, 0.3) is 0 Å². The Morgan fingerprint density at radius 1 is 1.44 bits per heavy atom. The van der Waals surface area contributed by atoms with Gasteiger partial charge in [0.1, 0.15) is 5.75 Å². The third-order valence-electron chi connectivity index (χ3n) is 2.74. The van der Waals surface area contributed by atoms with Crippen molar-refractivity contribution in [2.24, 2.45) is 0 Å². The highest BCUT2D eigenvalue weighted by atomic mass is 32.1. The maximum absolute atomic E-state index is 11.9. The van der Waals surface area contributed by atoms with Crippen LogP contribution < -0.4 is 5.32 Å². The van der Waals surface area contributed by atoms with Crippen molar-refractivity contribution >= 4 is 17.2 Å². The van der Waals surface area contributed by atoms with Crippen LogP contribution in [0.15, 0.2) is 23.7 Å². The number of para-hydroxylation sites is 1. The summed E-state index contributed by atoms with van der Waals surface area (Å²) in [5, 5.41) is 12.6. The van der Waals surface area contributed by atoms with Gasteiger partial charge in [0.25, 0.3) is 5.91 Å². The Morgan fingerprint density at radius 3 is 2.89 bits per heavy atom. The van der Waals surface area contributed by atoms with Crippen LogP contribution in [0.3, 0.4) is 0 Å². The number of aryl methyl sites for hydroxylation is 2. The van der Waals surface area contributed by atoms with Gasteiger partial charge in [-0.2, -0.15) is 0 Å². The molecule has 1 heterocycles. The standard InChI is InChI=1S/C13H14N2O2S/c1-8-4-3-5-10(12(8)16)13(17)14-6-11-9(2)15-7-18-11/h3-5,7,16H,6H2,1-2H3,(H,14,17). The maximum atomic E-state index is 11.9. The van der Waals surface area contributed by atoms with Crippen LogP contribution in [-0.4, -0.2) is 16.0 Å². The van der Waals surface area contributed by atoms with E-state index < -0.39 is 0 Å². The zero-order valence-corrected chi connectivity index (χ0v) is 11.0. The molecule has 2 N–H and O–H groups in total. The smallest absolute Gasteiger partial charge is 0.255 e. The number of aromatic hydroxyl groups is 1. The number of carbonyl (C=O) groups is 1. The Bertz CT molecular complexity index is 578. The predicted octanol–water partition coefficient (Wildman–Crippen LogP) is 2.40. The number of nitrogens with one attached hydrogen (secondary N) is 1. The van der Waals surface area contributed by atoms with Crippen molar-refractivity contribution in [2.75, 3.05) is 0 Å². The van der Waals surface area contributed by atoms with Crippen molar-refractivity contribution < 1.29 is 9.90 Å². The third kappa shape index (κ3) is 2.51. The first-order valence-electron chi connectivity index (χ1n) is 5.55. The number of hydrogen-bond acceptors (Lipinski definition) is 4. The van der Waals surface area contributed by atoms with E-state index >= 15 is 0 Å². The van der Waals surface area contributed by atoms with Gasteiger partial charge in [0.05, 0.1) is 23.3 Å². The van der Waals surface area contributed by atoms with Crippen molar-refractivity contribution in [1.82, 2.24) is 10.3 Å². The lowest BCUT2D eigenvalue weighted by Gasteiger charge is -2.07. The number of hydrogen-bond donors (Lipinski definition) is 2. The fourth-order valence-corrected chi connectivity index (χ4v) is 2.31. The second-order valence-corrected chi connectivity index (χ2v) is 4.95. The molecule has 0 spiro atoms. The van der Waals surface area contributed by atoms with Gasteiger partial charge in [-0.25, -0.2) is 4.98 Å². The molecule has 0 radical (unpaired) electrons. The molecule has 94 valence electrons. The monoisotopic (exact) mass is 262 g/mol. The fourth-order valence-electron chi connectivity index (χ4n) is 1.59. The molecule has 0 saturated carbocycles. The first kappa shape index (κ1) is 12.6. The average molecular weight is 262 g/mol. The largest absolute Gasteiger partial charge is 0.507 e. The van der Waals surface area contributed by atoms with Crippen LogP contribution >= 0.6 is 11.3 Å². The average Bonchev–Trinajstić information content (AvgIpc) is 2.75. The van der Waals surface area contributed by atoms with Gasteiger partial charge in [-0.05, 0) is 25.5 Å². The van der Waals surface area contributed by atoms with E-state index in [1.807, 2.05) is 6.92 Å². The summed E-state index contributed by atoms with van der Waals surface area (Å²) in [7, 11) is 0. The molecule has 0 fully saturated rings. The van der Waals surface area contributed by atoms with E-state index in [0.29, 0.717) is 17.7 Å². The van der Waals surface area contributed by atoms with Gasteiger partial charge in [-0.3, -0.25) is 4.79 Å². The molecule has 0 aliphatic rings. The molecule has 18 heavy (non-hydrogen) atoms. The van der Waals surface area contributed by atoms with E-state index in [2.05, 4.69) is 10.3 Å². The van der Waals surface area contributed by atoms with Gasteiger partial charge >= 0.3 is 0 Å². The number of aromatic nitrogens is 1. The number of nitrogens with zero attached hydrogens (tertiary/aromatic N) is 1. The SMILES string of the molecule is Cc1cccc(C(=O)NCc2scnc2C)c1O. The maximum Gasteiger partial charge on any atom is 0.255 e. The van der Waals surface area contributed by atoms with Crippen LogP contribution in [0.2, 0.25) is 0 Å². The van der Waals surface area contributed by atoms with Crippen molar-refractivity contribution in [2.45, 2.75) is 20.4 Å². The van der Waals surface area contributed by atoms with Crippen LogP contribution in [0.5, 0.6) is 5.75 Å². The lowest BCUT2D eigenvalue weighted by atomic mass is 10.1. The predicted molar refractivity (Wildman–Crippen MR) is 70.9 cm³/mol. The molecule has 1 aromatic carbocycles. The second kappa shape index (κ2) is 5.18. The summed E-state index contributed by atoms with van der Waals surface area (Å²) >= 11 is 1.51. The minimum atomic E-state index is -0.274. The zero-order valence-electron chi connectivity index (χ0n) is 10.2. The molecular weight excluding hydrogens is 248 g/mol. The molecule has 5 heteroatoms. The summed E-state index contributed by atoms with van der Waals surface area (Å²) in [6, 6.07) is 5.12. The number of phenolic OH excluding ortho intramolecular Hbond substituents is 1. The molecule has 0 unspecified atom stereocenters. The zero-order chi connectivity index (χ0) is 13.1. The number of carbonyl (C=O) groups excluding carboxylic acids is 1. The highest BCUT2D eigenvalue weighted by molar-refractivity contribution is 7.09. The Labute approximate surface area is 109 Å².